The normalized spacial score (nSPS) is 12.4. The number of ether oxygens (including phenoxy) is 2. The number of methoxy groups -OCH3 is 1. The third-order valence-corrected chi connectivity index (χ3v) is 3.19. The molecule has 0 fully saturated rings. The predicted molar refractivity (Wildman–Crippen MR) is 88.4 cm³/mol. The summed E-state index contributed by atoms with van der Waals surface area (Å²) in [7, 11) is 1.32. The van der Waals surface area contributed by atoms with Gasteiger partial charge in [0.25, 0.3) is 0 Å². The highest BCUT2D eigenvalue weighted by molar-refractivity contribution is 5.67. The molecule has 0 bridgehead atoms. The average Bonchev–Trinajstić information content (AvgIpc) is 2.62. The number of hydrogen-bond donors (Lipinski definition) is 1. The SMILES string of the molecule is CC#CC(OC(NC(=O)OC)c1ccccc1)c1ccccc1. The van der Waals surface area contributed by atoms with Gasteiger partial charge in [0.15, 0.2) is 6.23 Å². The predicted octanol–water partition coefficient (Wildman–Crippen LogP) is 3.82. The molecule has 4 heteroatoms. The van der Waals surface area contributed by atoms with Crippen LogP contribution in [-0.2, 0) is 9.47 Å². The van der Waals surface area contributed by atoms with E-state index in [1.807, 2.05) is 60.7 Å². The van der Waals surface area contributed by atoms with Crippen LogP contribution < -0.4 is 5.32 Å². The molecule has 118 valence electrons. The summed E-state index contributed by atoms with van der Waals surface area (Å²) in [6.07, 6.45) is -1.67. The number of nitrogens with one attached hydrogen (secondary N) is 1. The van der Waals surface area contributed by atoms with Crippen molar-refractivity contribution < 1.29 is 14.3 Å². The number of rotatable bonds is 5. The Morgan fingerprint density at radius 2 is 1.57 bits per heavy atom. The Labute approximate surface area is 136 Å². The number of carbonyl (C=O) groups excluding carboxylic acids is 1. The van der Waals surface area contributed by atoms with Gasteiger partial charge < -0.3 is 9.47 Å². The molecule has 4 nitrogen and oxygen atoms in total. The Morgan fingerprint density at radius 3 is 2.09 bits per heavy atom. The summed E-state index contributed by atoms with van der Waals surface area (Å²) in [5.74, 6) is 5.90. The molecular weight excluding hydrogens is 290 g/mol. The van der Waals surface area contributed by atoms with Gasteiger partial charge in [0, 0.05) is 5.56 Å². The third-order valence-electron chi connectivity index (χ3n) is 3.19. The molecule has 23 heavy (non-hydrogen) atoms. The van der Waals surface area contributed by atoms with Crippen LogP contribution in [0.3, 0.4) is 0 Å². The molecule has 0 saturated carbocycles. The van der Waals surface area contributed by atoms with Crippen LogP contribution in [0.2, 0.25) is 0 Å². The highest BCUT2D eigenvalue weighted by Gasteiger charge is 2.20. The Morgan fingerprint density at radius 1 is 1.00 bits per heavy atom. The largest absolute Gasteiger partial charge is 0.453 e. The van der Waals surface area contributed by atoms with Crippen molar-refractivity contribution in [2.45, 2.75) is 19.3 Å². The molecule has 2 aromatic carbocycles. The van der Waals surface area contributed by atoms with E-state index in [4.69, 9.17) is 4.74 Å². The summed E-state index contributed by atoms with van der Waals surface area (Å²) in [6.45, 7) is 1.75. The van der Waals surface area contributed by atoms with E-state index < -0.39 is 18.4 Å². The highest BCUT2D eigenvalue weighted by Crippen LogP contribution is 2.25. The second kappa shape index (κ2) is 8.62. The van der Waals surface area contributed by atoms with Crippen LogP contribution in [0, 0.1) is 11.8 Å². The third kappa shape index (κ3) is 4.87. The number of benzene rings is 2. The second-order valence-corrected chi connectivity index (χ2v) is 4.75. The topological polar surface area (TPSA) is 47.6 Å². The number of carbonyl (C=O) groups is 1. The van der Waals surface area contributed by atoms with Crippen LogP contribution in [0.4, 0.5) is 4.79 Å². The van der Waals surface area contributed by atoms with Crippen molar-refractivity contribution in [3.63, 3.8) is 0 Å². The summed E-state index contributed by atoms with van der Waals surface area (Å²) in [5, 5.41) is 2.69. The van der Waals surface area contributed by atoms with Gasteiger partial charge in [0.2, 0.25) is 0 Å². The summed E-state index contributed by atoms with van der Waals surface area (Å²) in [5.41, 5.74) is 1.74. The van der Waals surface area contributed by atoms with E-state index >= 15 is 0 Å². The summed E-state index contributed by atoms with van der Waals surface area (Å²) in [4.78, 5) is 11.6. The van der Waals surface area contributed by atoms with Crippen LogP contribution in [0.15, 0.2) is 60.7 Å². The lowest BCUT2D eigenvalue weighted by Gasteiger charge is -2.23. The highest BCUT2D eigenvalue weighted by atomic mass is 16.6. The standard InChI is InChI=1S/C19H19NO3/c1-3-10-17(15-11-6-4-7-12-15)23-18(20-19(21)22-2)16-13-8-5-9-14-16/h4-9,11-14,17-18H,1-2H3,(H,20,21). The van der Waals surface area contributed by atoms with Crippen molar-refractivity contribution in [1.82, 2.24) is 5.32 Å². The molecule has 1 amide bonds. The maximum atomic E-state index is 11.6. The molecule has 2 atom stereocenters. The minimum atomic E-state index is -0.658. The zero-order chi connectivity index (χ0) is 16.5. The van der Waals surface area contributed by atoms with Gasteiger partial charge in [-0.15, -0.1) is 5.92 Å². The second-order valence-electron chi connectivity index (χ2n) is 4.75. The quantitative estimate of drug-likeness (QED) is 0.674. The molecule has 2 rings (SSSR count). The molecule has 2 unspecified atom stereocenters. The Kier molecular flexibility index (Phi) is 6.22. The van der Waals surface area contributed by atoms with Crippen LogP contribution in [0.25, 0.3) is 0 Å². The Balaban J connectivity index is 2.26. The Hall–Kier alpha value is -2.77. The smallest absolute Gasteiger partial charge is 0.409 e. The molecular formula is C19H19NO3. The molecule has 0 aromatic heterocycles. The first-order chi connectivity index (χ1) is 11.2. The lowest BCUT2D eigenvalue weighted by atomic mass is 10.1. The van der Waals surface area contributed by atoms with E-state index in [1.165, 1.54) is 7.11 Å². The van der Waals surface area contributed by atoms with E-state index in [9.17, 15) is 4.79 Å². The zero-order valence-corrected chi connectivity index (χ0v) is 13.2. The number of alkyl carbamates (subject to hydrolysis) is 1. The fourth-order valence-electron chi connectivity index (χ4n) is 2.08. The first kappa shape index (κ1) is 16.6. The van der Waals surface area contributed by atoms with E-state index in [0.717, 1.165) is 11.1 Å². The van der Waals surface area contributed by atoms with Gasteiger partial charge in [-0.05, 0) is 12.5 Å². The molecule has 1 N–H and O–H groups in total. The van der Waals surface area contributed by atoms with Crippen molar-refractivity contribution in [3.05, 3.63) is 71.8 Å². The van der Waals surface area contributed by atoms with Gasteiger partial charge in [0.1, 0.15) is 6.10 Å². The van der Waals surface area contributed by atoms with Gasteiger partial charge in [-0.3, -0.25) is 5.32 Å². The number of hydrogen-bond acceptors (Lipinski definition) is 3. The molecule has 0 spiro atoms. The van der Waals surface area contributed by atoms with E-state index in [-0.39, 0.29) is 0 Å². The molecule has 2 aromatic rings. The minimum absolute atomic E-state index is 0.455. The van der Waals surface area contributed by atoms with Gasteiger partial charge in [-0.2, -0.15) is 0 Å². The van der Waals surface area contributed by atoms with Crippen molar-refractivity contribution >= 4 is 6.09 Å². The van der Waals surface area contributed by atoms with E-state index in [0.29, 0.717) is 0 Å². The number of amides is 1. The first-order valence-corrected chi connectivity index (χ1v) is 7.26. The fraction of sp³-hybridized carbons (Fsp3) is 0.211. The average molecular weight is 309 g/mol. The lowest BCUT2D eigenvalue weighted by molar-refractivity contribution is -0.00415. The van der Waals surface area contributed by atoms with Crippen molar-refractivity contribution in [3.8, 4) is 11.8 Å². The minimum Gasteiger partial charge on any atom is -0.453 e. The maximum absolute atomic E-state index is 11.6. The first-order valence-electron chi connectivity index (χ1n) is 7.26. The van der Waals surface area contributed by atoms with Gasteiger partial charge in [-0.1, -0.05) is 66.6 Å². The van der Waals surface area contributed by atoms with Crippen LogP contribution in [0.1, 0.15) is 30.4 Å². The van der Waals surface area contributed by atoms with Gasteiger partial charge in [-0.25, -0.2) is 4.79 Å². The fourth-order valence-corrected chi connectivity index (χ4v) is 2.08. The van der Waals surface area contributed by atoms with Gasteiger partial charge >= 0.3 is 6.09 Å². The van der Waals surface area contributed by atoms with Crippen molar-refractivity contribution in [1.29, 1.82) is 0 Å². The molecule has 0 aliphatic rings. The van der Waals surface area contributed by atoms with Gasteiger partial charge in [0.05, 0.1) is 7.11 Å². The summed E-state index contributed by atoms with van der Waals surface area (Å²) in [6, 6.07) is 19.1. The monoisotopic (exact) mass is 309 g/mol. The lowest BCUT2D eigenvalue weighted by Crippen LogP contribution is -2.31. The van der Waals surface area contributed by atoms with E-state index in [1.54, 1.807) is 6.92 Å². The van der Waals surface area contributed by atoms with Crippen molar-refractivity contribution in [2.75, 3.05) is 7.11 Å². The molecule has 0 aliphatic carbocycles. The van der Waals surface area contributed by atoms with Crippen LogP contribution in [-0.4, -0.2) is 13.2 Å². The molecule has 0 heterocycles. The zero-order valence-electron chi connectivity index (χ0n) is 13.2. The molecule has 0 aliphatic heterocycles. The molecule has 0 radical (unpaired) electrons. The van der Waals surface area contributed by atoms with Crippen LogP contribution >= 0.6 is 0 Å². The van der Waals surface area contributed by atoms with E-state index in [2.05, 4.69) is 21.9 Å². The van der Waals surface area contributed by atoms with Crippen molar-refractivity contribution in [2.24, 2.45) is 0 Å². The molecule has 0 saturated heterocycles. The summed E-state index contributed by atoms with van der Waals surface area (Å²) < 4.78 is 10.7. The Bertz CT molecular complexity index is 674. The summed E-state index contributed by atoms with van der Waals surface area (Å²) >= 11 is 0. The van der Waals surface area contributed by atoms with Crippen LogP contribution in [0.5, 0.6) is 0 Å². The maximum Gasteiger partial charge on any atom is 0.409 e.